The molecular weight excluding hydrogens is 335 g/mol. The zero-order valence-corrected chi connectivity index (χ0v) is 12.5. The third-order valence-electron chi connectivity index (χ3n) is 2.62. The van der Waals surface area contributed by atoms with Crippen LogP contribution >= 0.6 is 27.5 Å². The molecule has 100 valence electrons. The van der Waals surface area contributed by atoms with Crippen LogP contribution in [0.3, 0.4) is 0 Å². The number of halogens is 3. The van der Waals surface area contributed by atoms with Gasteiger partial charge in [0, 0.05) is 11.6 Å². The molecule has 1 aromatic carbocycles. The lowest BCUT2D eigenvalue weighted by molar-refractivity contribution is 0.102. The average Bonchev–Trinajstić information content (AvgIpc) is 2.73. The number of aryl methyl sites for hydroxylation is 1. The largest absolute Gasteiger partial charge is 0.287 e. The van der Waals surface area contributed by atoms with Crippen LogP contribution in [0.1, 0.15) is 29.4 Å². The maximum Gasteiger partial charge on any atom is 0.215 e. The van der Waals surface area contributed by atoms with Crippen molar-refractivity contribution in [3.8, 4) is 0 Å². The third-order valence-corrected chi connectivity index (χ3v) is 3.43. The van der Waals surface area contributed by atoms with Crippen LogP contribution in [-0.4, -0.2) is 15.6 Å². The summed E-state index contributed by atoms with van der Waals surface area (Å²) in [7, 11) is 0. The summed E-state index contributed by atoms with van der Waals surface area (Å²) in [5.41, 5.74) is 0.286. The molecule has 2 rings (SSSR count). The van der Waals surface area contributed by atoms with E-state index in [-0.39, 0.29) is 5.56 Å². The predicted octanol–water partition coefficient (Wildman–Crippen LogP) is 4.08. The van der Waals surface area contributed by atoms with Gasteiger partial charge in [0.2, 0.25) is 5.78 Å². The fraction of sp³-hybridized carbons (Fsp3) is 0.231. The average molecular weight is 346 g/mol. The van der Waals surface area contributed by atoms with E-state index in [0.717, 1.165) is 6.42 Å². The molecule has 0 saturated carbocycles. The Morgan fingerprint density at radius 2 is 2.26 bits per heavy atom. The number of hydrogen-bond acceptors (Lipinski definition) is 2. The van der Waals surface area contributed by atoms with E-state index < -0.39 is 11.6 Å². The molecule has 0 amide bonds. The van der Waals surface area contributed by atoms with Gasteiger partial charge in [-0.15, -0.1) is 0 Å². The molecule has 0 atom stereocenters. The Kier molecular flexibility index (Phi) is 4.37. The van der Waals surface area contributed by atoms with Crippen molar-refractivity contribution in [1.82, 2.24) is 9.78 Å². The van der Waals surface area contributed by atoms with Gasteiger partial charge in [-0.2, -0.15) is 5.10 Å². The van der Waals surface area contributed by atoms with E-state index in [2.05, 4.69) is 21.0 Å². The molecule has 2 aromatic rings. The Balaban J connectivity index is 2.49. The van der Waals surface area contributed by atoms with E-state index in [9.17, 15) is 9.18 Å². The SMILES string of the molecule is CCCn1ncc(Br)c1C(=O)c1cc(Cl)ccc1F. The van der Waals surface area contributed by atoms with Gasteiger partial charge in [0.05, 0.1) is 16.2 Å². The number of carbonyl (C=O) groups excluding carboxylic acids is 1. The first-order valence-electron chi connectivity index (χ1n) is 5.75. The van der Waals surface area contributed by atoms with E-state index in [1.165, 1.54) is 24.4 Å². The molecule has 1 heterocycles. The van der Waals surface area contributed by atoms with Crippen LogP contribution in [0.5, 0.6) is 0 Å². The van der Waals surface area contributed by atoms with Crippen molar-refractivity contribution in [3.63, 3.8) is 0 Å². The van der Waals surface area contributed by atoms with Crippen molar-refractivity contribution in [2.75, 3.05) is 0 Å². The lowest BCUT2D eigenvalue weighted by Gasteiger charge is -2.07. The maximum atomic E-state index is 13.7. The lowest BCUT2D eigenvalue weighted by atomic mass is 10.1. The molecule has 0 saturated heterocycles. The molecule has 6 heteroatoms. The summed E-state index contributed by atoms with van der Waals surface area (Å²) < 4.78 is 15.8. The molecule has 19 heavy (non-hydrogen) atoms. The highest BCUT2D eigenvalue weighted by Gasteiger charge is 2.21. The number of carbonyl (C=O) groups is 1. The summed E-state index contributed by atoms with van der Waals surface area (Å²) in [5.74, 6) is -1.02. The summed E-state index contributed by atoms with van der Waals surface area (Å²) >= 11 is 9.08. The number of rotatable bonds is 4. The summed E-state index contributed by atoms with van der Waals surface area (Å²) in [6, 6.07) is 3.92. The van der Waals surface area contributed by atoms with Gasteiger partial charge in [0.15, 0.2) is 0 Å². The second-order valence-electron chi connectivity index (χ2n) is 4.02. The summed E-state index contributed by atoms with van der Waals surface area (Å²) in [6.07, 6.45) is 2.36. The minimum Gasteiger partial charge on any atom is -0.287 e. The number of benzene rings is 1. The molecule has 0 aliphatic heterocycles. The molecule has 0 radical (unpaired) electrons. The van der Waals surface area contributed by atoms with Gasteiger partial charge in [-0.25, -0.2) is 4.39 Å². The smallest absolute Gasteiger partial charge is 0.215 e. The summed E-state index contributed by atoms with van der Waals surface area (Å²) in [4.78, 5) is 12.4. The Labute approximate surface area is 123 Å². The van der Waals surface area contributed by atoms with Crippen molar-refractivity contribution in [2.24, 2.45) is 0 Å². The molecule has 0 fully saturated rings. The second-order valence-corrected chi connectivity index (χ2v) is 5.31. The van der Waals surface area contributed by atoms with Crippen molar-refractivity contribution in [3.05, 3.63) is 51.0 Å². The van der Waals surface area contributed by atoms with Crippen LogP contribution in [0.15, 0.2) is 28.9 Å². The minimum atomic E-state index is -0.592. The number of ketones is 1. The topological polar surface area (TPSA) is 34.9 Å². The fourth-order valence-corrected chi connectivity index (χ4v) is 2.42. The molecule has 0 N–H and O–H groups in total. The first-order chi connectivity index (χ1) is 9.04. The number of nitrogens with zero attached hydrogens (tertiary/aromatic N) is 2. The summed E-state index contributed by atoms with van der Waals surface area (Å²) in [6.45, 7) is 2.57. The van der Waals surface area contributed by atoms with Crippen molar-refractivity contribution < 1.29 is 9.18 Å². The van der Waals surface area contributed by atoms with Crippen LogP contribution in [0.25, 0.3) is 0 Å². The van der Waals surface area contributed by atoms with E-state index in [1.54, 1.807) is 4.68 Å². The quantitative estimate of drug-likeness (QED) is 0.783. The van der Waals surface area contributed by atoms with Crippen LogP contribution in [0, 0.1) is 5.82 Å². The van der Waals surface area contributed by atoms with E-state index in [4.69, 9.17) is 11.6 Å². The van der Waals surface area contributed by atoms with Gasteiger partial charge in [-0.3, -0.25) is 9.48 Å². The van der Waals surface area contributed by atoms with E-state index in [0.29, 0.717) is 21.7 Å². The van der Waals surface area contributed by atoms with Crippen molar-refractivity contribution in [1.29, 1.82) is 0 Å². The molecule has 3 nitrogen and oxygen atoms in total. The third kappa shape index (κ3) is 2.87. The lowest BCUT2D eigenvalue weighted by Crippen LogP contribution is -2.13. The van der Waals surface area contributed by atoms with Crippen molar-refractivity contribution in [2.45, 2.75) is 19.9 Å². The van der Waals surface area contributed by atoms with Crippen LogP contribution in [0.4, 0.5) is 4.39 Å². The monoisotopic (exact) mass is 344 g/mol. The number of hydrogen-bond donors (Lipinski definition) is 0. The molecular formula is C13H11BrClFN2O. The zero-order chi connectivity index (χ0) is 14.0. The Hall–Kier alpha value is -1.20. The van der Waals surface area contributed by atoms with Crippen LogP contribution < -0.4 is 0 Å². The second kappa shape index (κ2) is 5.84. The van der Waals surface area contributed by atoms with Gasteiger partial charge >= 0.3 is 0 Å². The molecule has 0 aliphatic carbocycles. The molecule has 0 unspecified atom stereocenters. The Morgan fingerprint density at radius 1 is 1.53 bits per heavy atom. The molecule has 0 aliphatic rings. The van der Waals surface area contributed by atoms with Gasteiger partial charge in [0.1, 0.15) is 11.5 Å². The Bertz CT molecular complexity index is 627. The van der Waals surface area contributed by atoms with E-state index >= 15 is 0 Å². The molecule has 1 aromatic heterocycles. The highest BCUT2D eigenvalue weighted by Crippen LogP contribution is 2.23. The normalized spacial score (nSPS) is 10.7. The Morgan fingerprint density at radius 3 is 2.95 bits per heavy atom. The predicted molar refractivity (Wildman–Crippen MR) is 75.1 cm³/mol. The molecule has 0 bridgehead atoms. The van der Waals surface area contributed by atoms with E-state index in [1.807, 2.05) is 6.92 Å². The van der Waals surface area contributed by atoms with Crippen LogP contribution in [-0.2, 0) is 6.54 Å². The maximum absolute atomic E-state index is 13.7. The highest BCUT2D eigenvalue weighted by molar-refractivity contribution is 9.10. The first-order valence-corrected chi connectivity index (χ1v) is 6.92. The minimum absolute atomic E-state index is 0.0500. The van der Waals surface area contributed by atoms with Gasteiger partial charge in [0.25, 0.3) is 0 Å². The van der Waals surface area contributed by atoms with Gasteiger partial charge < -0.3 is 0 Å². The zero-order valence-electron chi connectivity index (χ0n) is 10.2. The standard InChI is InChI=1S/C13H11BrClFN2O/c1-2-5-18-12(10(14)7-17-18)13(19)9-6-8(15)3-4-11(9)16/h3-4,6-7H,2,5H2,1H3. The van der Waals surface area contributed by atoms with Crippen LogP contribution in [0.2, 0.25) is 5.02 Å². The highest BCUT2D eigenvalue weighted by atomic mass is 79.9. The first kappa shape index (κ1) is 14.2. The summed E-state index contributed by atoms with van der Waals surface area (Å²) in [5, 5.41) is 4.42. The number of aromatic nitrogens is 2. The van der Waals surface area contributed by atoms with Gasteiger partial charge in [-0.1, -0.05) is 18.5 Å². The molecule has 0 spiro atoms. The van der Waals surface area contributed by atoms with Crippen molar-refractivity contribution >= 4 is 33.3 Å². The fourth-order valence-electron chi connectivity index (χ4n) is 1.77. The van der Waals surface area contributed by atoms with Gasteiger partial charge in [-0.05, 0) is 40.5 Å².